The highest BCUT2D eigenvalue weighted by molar-refractivity contribution is 5.40. The molecule has 1 N–H and O–H groups in total. The minimum atomic E-state index is 0.740. The van der Waals surface area contributed by atoms with E-state index in [1.165, 1.54) is 5.56 Å². The second-order valence-electron chi connectivity index (χ2n) is 4.88. The number of nitrogens with one attached hydrogen (secondary N) is 1. The van der Waals surface area contributed by atoms with Gasteiger partial charge in [0.2, 0.25) is 0 Å². The molecule has 2 aromatic rings. The van der Waals surface area contributed by atoms with E-state index >= 15 is 0 Å². The van der Waals surface area contributed by atoms with E-state index in [1.54, 1.807) is 14.2 Å². The third-order valence-electron chi connectivity index (χ3n) is 3.50. The smallest absolute Gasteiger partial charge is 0.127 e. The van der Waals surface area contributed by atoms with Crippen LogP contribution in [0.5, 0.6) is 11.5 Å². The summed E-state index contributed by atoms with van der Waals surface area (Å²) in [4.78, 5) is 0. The van der Waals surface area contributed by atoms with Gasteiger partial charge in [-0.05, 0) is 19.9 Å². The van der Waals surface area contributed by atoms with Crippen LogP contribution < -0.4 is 14.8 Å². The van der Waals surface area contributed by atoms with E-state index in [-0.39, 0.29) is 0 Å². The van der Waals surface area contributed by atoms with Crippen LogP contribution in [0.15, 0.2) is 24.4 Å². The Hall–Kier alpha value is -2.01. The first kappa shape index (κ1) is 15.4. The summed E-state index contributed by atoms with van der Waals surface area (Å²) < 4.78 is 12.6. The van der Waals surface area contributed by atoms with Gasteiger partial charge >= 0.3 is 0 Å². The van der Waals surface area contributed by atoms with E-state index < -0.39 is 0 Å². The summed E-state index contributed by atoms with van der Waals surface area (Å²) in [5.74, 6) is 1.64. The number of methoxy groups -OCH3 is 2. The molecule has 0 bridgehead atoms. The highest BCUT2D eigenvalue weighted by Crippen LogP contribution is 2.24. The molecule has 21 heavy (non-hydrogen) atoms. The molecule has 5 heteroatoms. The maximum atomic E-state index is 5.40. The first-order valence-corrected chi connectivity index (χ1v) is 7.12. The Bertz CT molecular complexity index is 593. The van der Waals surface area contributed by atoms with Gasteiger partial charge in [0.15, 0.2) is 0 Å². The van der Waals surface area contributed by atoms with Crippen molar-refractivity contribution in [2.24, 2.45) is 0 Å². The molecule has 0 aliphatic carbocycles. The van der Waals surface area contributed by atoms with E-state index in [4.69, 9.17) is 9.47 Å². The number of nitrogens with zero attached hydrogens (tertiary/aromatic N) is 2. The highest BCUT2D eigenvalue weighted by atomic mass is 16.5. The first-order chi connectivity index (χ1) is 10.2. The summed E-state index contributed by atoms with van der Waals surface area (Å²) >= 11 is 0. The Morgan fingerprint density at radius 1 is 1.14 bits per heavy atom. The molecule has 1 aromatic carbocycles. The van der Waals surface area contributed by atoms with Crippen LogP contribution >= 0.6 is 0 Å². The minimum Gasteiger partial charge on any atom is -0.497 e. The van der Waals surface area contributed by atoms with E-state index in [2.05, 4.69) is 23.5 Å². The van der Waals surface area contributed by atoms with Gasteiger partial charge in [0, 0.05) is 43.0 Å². The number of aryl methyl sites for hydroxylation is 2. The van der Waals surface area contributed by atoms with Crippen molar-refractivity contribution in [3.05, 3.63) is 41.2 Å². The number of rotatable bonds is 7. The summed E-state index contributed by atoms with van der Waals surface area (Å²) in [7, 11) is 3.33. The fourth-order valence-corrected chi connectivity index (χ4v) is 2.22. The van der Waals surface area contributed by atoms with E-state index in [0.29, 0.717) is 0 Å². The van der Waals surface area contributed by atoms with Crippen molar-refractivity contribution in [2.75, 3.05) is 14.2 Å². The van der Waals surface area contributed by atoms with Crippen LogP contribution in [0.2, 0.25) is 0 Å². The zero-order chi connectivity index (χ0) is 15.2. The van der Waals surface area contributed by atoms with Crippen LogP contribution in [0.25, 0.3) is 0 Å². The summed E-state index contributed by atoms with van der Waals surface area (Å²) in [6.07, 6.45) is 2.09. The van der Waals surface area contributed by atoms with Crippen LogP contribution in [0.4, 0.5) is 0 Å². The summed E-state index contributed by atoms with van der Waals surface area (Å²) in [5.41, 5.74) is 3.41. The van der Waals surface area contributed by atoms with Gasteiger partial charge in [-0.15, -0.1) is 0 Å². The van der Waals surface area contributed by atoms with E-state index in [1.807, 2.05) is 29.8 Å². The van der Waals surface area contributed by atoms with Crippen molar-refractivity contribution in [1.82, 2.24) is 15.1 Å². The van der Waals surface area contributed by atoms with Crippen molar-refractivity contribution in [2.45, 2.75) is 33.5 Å². The summed E-state index contributed by atoms with van der Waals surface area (Å²) in [6.45, 7) is 6.56. The molecule has 0 fully saturated rings. The number of hydrogen-bond acceptors (Lipinski definition) is 4. The molecule has 1 heterocycles. The third kappa shape index (κ3) is 3.76. The third-order valence-corrected chi connectivity index (χ3v) is 3.50. The summed E-state index contributed by atoms with van der Waals surface area (Å²) in [6, 6.07) is 5.87. The monoisotopic (exact) mass is 289 g/mol. The highest BCUT2D eigenvalue weighted by Gasteiger charge is 2.07. The lowest BCUT2D eigenvalue weighted by molar-refractivity contribution is 0.390. The average Bonchev–Trinajstić information content (AvgIpc) is 2.88. The van der Waals surface area contributed by atoms with E-state index in [0.717, 1.165) is 42.4 Å². The minimum absolute atomic E-state index is 0.740. The second-order valence-corrected chi connectivity index (χ2v) is 4.88. The molecule has 0 radical (unpaired) electrons. The topological polar surface area (TPSA) is 48.3 Å². The lowest BCUT2D eigenvalue weighted by atomic mass is 10.2. The van der Waals surface area contributed by atoms with Crippen molar-refractivity contribution in [1.29, 1.82) is 0 Å². The lowest BCUT2D eigenvalue weighted by Gasteiger charge is -2.11. The van der Waals surface area contributed by atoms with Gasteiger partial charge in [-0.25, -0.2) is 0 Å². The van der Waals surface area contributed by atoms with Gasteiger partial charge in [-0.3, -0.25) is 4.68 Å². The fourth-order valence-electron chi connectivity index (χ4n) is 2.22. The molecule has 0 saturated carbocycles. The van der Waals surface area contributed by atoms with Crippen molar-refractivity contribution < 1.29 is 9.47 Å². The predicted molar refractivity (Wildman–Crippen MR) is 82.7 cm³/mol. The number of ether oxygens (including phenoxy) is 2. The van der Waals surface area contributed by atoms with Crippen LogP contribution in [0, 0.1) is 6.92 Å². The maximum Gasteiger partial charge on any atom is 0.127 e. The average molecular weight is 289 g/mol. The van der Waals surface area contributed by atoms with Crippen LogP contribution in [-0.2, 0) is 19.6 Å². The molecular weight excluding hydrogens is 266 g/mol. The molecule has 0 aliphatic heterocycles. The SMILES string of the molecule is CCn1cc(CNCc2ccc(OC)cc2OC)c(C)n1. The zero-order valence-corrected chi connectivity index (χ0v) is 13.1. The van der Waals surface area contributed by atoms with Gasteiger partial charge in [0.1, 0.15) is 11.5 Å². The molecule has 0 saturated heterocycles. The van der Waals surface area contributed by atoms with Crippen molar-refractivity contribution >= 4 is 0 Å². The molecule has 0 amide bonds. The summed E-state index contributed by atoms with van der Waals surface area (Å²) in [5, 5.41) is 7.88. The molecule has 114 valence electrons. The van der Waals surface area contributed by atoms with Gasteiger partial charge in [0.05, 0.1) is 19.9 Å². The van der Waals surface area contributed by atoms with Crippen LogP contribution in [0.1, 0.15) is 23.7 Å². The normalized spacial score (nSPS) is 10.7. The number of hydrogen-bond donors (Lipinski definition) is 1. The molecule has 0 aliphatic rings. The zero-order valence-electron chi connectivity index (χ0n) is 13.1. The van der Waals surface area contributed by atoms with E-state index in [9.17, 15) is 0 Å². The van der Waals surface area contributed by atoms with Gasteiger partial charge < -0.3 is 14.8 Å². The molecule has 0 atom stereocenters. The van der Waals surface area contributed by atoms with Crippen molar-refractivity contribution in [3.63, 3.8) is 0 Å². The van der Waals surface area contributed by atoms with Crippen LogP contribution in [-0.4, -0.2) is 24.0 Å². The Morgan fingerprint density at radius 2 is 1.90 bits per heavy atom. The van der Waals surface area contributed by atoms with Crippen LogP contribution in [0.3, 0.4) is 0 Å². The standard InChI is InChI=1S/C16H23N3O2/c1-5-19-11-14(12(2)18-19)10-17-9-13-6-7-15(20-3)8-16(13)21-4/h6-8,11,17H,5,9-10H2,1-4H3. The molecule has 0 spiro atoms. The molecule has 0 unspecified atom stereocenters. The first-order valence-electron chi connectivity index (χ1n) is 7.12. The van der Waals surface area contributed by atoms with Crippen molar-refractivity contribution in [3.8, 4) is 11.5 Å². The lowest BCUT2D eigenvalue weighted by Crippen LogP contribution is -2.13. The van der Waals surface area contributed by atoms with Gasteiger partial charge in [-0.2, -0.15) is 5.10 Å². The van der Waals surface area contributed by atoms with Gasteiger partial charge in [0.25, 0.3) is 0 Å². The quantitative estimate of drug-likeness (QED) is 0.851. The Labute approximate surface area is 125 Å². The number of benzene rings is 1. The Kier molecular flexibility index (Phi) is 5.22. The number of aromatic nitrogens is 2. The largest absolute Gasteiger partial charge is 0.497 e. The van der Waals surface area contributed by atoms with Gasteiger partial charge in [-0.1, -0.05) is 6.07 Å². The molecule has 1 aromatic heterocycles. The Morgan fingerprint density at radius 3 is 2.52 bits per heavy atom. The second kappa shape index (κ2) is 7.13. The Balaban J connectivity index is 1.98. The molecule has 5 nitrogen and oxygen atoms in total. The molecule has 2 rings (SSSR count). The maximum absolute atomic E-state index is 5.40. The predicted octanol–water partition coefficient (Wildman–Crippen LogP) is 2.52. The fraction of sp³-hybridized carbons (Fsp3) is 0.438. The molecular formula is C16H23N3O2.